The maximum Gasteiger partial charge on any atom is 0.153 e. The first kappa shape index (κ1) is 13.3. The lowest BCUT2D eigenvalue weighted by atomic mass is 9.89. The second-order valence-corrected chi connectivity index (χ2v) is 7.26. The molecular formula is C11H22N2O3S. The standard InChI is InChI=1S/C11H22N2O3S/c1-16-11-6-10(7-11)12-3-2-9-8-17(14,15)5-4-13-9/h9-13H,2-8H2,1H3. The van der Waals surface area contributed by atoms with E-state index >= 15 is 0 Å². The molecule has 1 heterocycles. The minimum atomic E-state index is -2.80. The summed E-state index contributed by atoms with van der Waals surface area (Å²) in [5.74, 6) is 0.578. The molecule has 1 atom stereocenters. The molecule has 1 unspecified atom stereocenters. The van der Waals surface area contributed by atoms with Gasteiger partial charge in [-0.05, 0) is 25.8 Å². The van der Waals surface area contributed by atoms with Gasteiger partial charge in [-0.1, -0.05) is 0 Å². The van der Waals surface area contributed by atoms with Gasteiger partial charge in [0.05, 0.1) is 17.6 Å². The summed E-state index contributed by atoms with van der Waals surface area (Å²) in [6.07, 6.45) is 3.45. The van der Waals surface area contributed by atoms with E-state index in [0.717, 1.165) is 25.8 Å². The third kappa shape index (κ3) is 3.91. The van der Waals surface area contributed by atoms with Crippen molar-refractivity contribution in [2.24, 2.45) is 0 Å². The molecule has 0 bridgehead atoms. The highest BCUT2D eigenvalue weighted by Crippen LogP contribution is 2.22. The average molecular weight is 262 g/mol. The van der Waals surface area contributed by atoms with Crippen molar-refractivity contribution >= 4 is 9.84 Å². The van der Waals surface area contributed by atoms with E-state index in [1.807, 2.05) is 0 Å². The van der Waals surface area contributed by atoms with E-state index in [9.17, 15) is 8.42 Å². The zero-order valence-corrected chi connectivity index (χ0v) is 11.1. The molecule has 0 spiro atoms. The number of nitrogens with one attached hydrogen (secondary N) is 2. The van der Waals surface area contributed by atoms with Gasteiger partial charge in [-0.25, -0.2) is 8.42 Å². The summed E-state index contributed by atoms with van der Waals surface area (Å²) in [4.78, 5) is 0. The van der Waals surface area contributed by atoms with E-state index in [2.05, 4.69) is 10.6 Å². The number of ether oxygens (including phenoxy) is 1. The van der Waals surface area contributed by atoms with Crippen LogP contribution in [-0.2, 0) is 14.6 Å². The molecule has 2 fully saturated rings. The zero-order valence-electron chi connectivity index (χ0n) is 10.3. The summed E-state index contributed by atoms with van der Waals surface area (Å²) < 4.78 is 28.1. The number of rotatable bonds is 5. The van der Waals surface area contributed by atoms with Gasteiger partial charge in [-0.3, -0.25) is 0 Å². The topological polar surface area (TPSA) is 67.4 Å². The van der Waals surface area contributed by atoms with Gasteiger partial charge in [0.15, 0.2) is 9.84 Å². The summed E-state index contributed by atoms with van der Waals surface area (Å²) in [5.41, 5.74) is 0. The molecule has 0 aromatic rings. The third-order valence-electron chi connectivity index (χ3n) is 3.66. The molecule has 2 N–H and O–H groups in total. The maximum absolute atomic E-state index is 11.4. The van der Waals surface area contributed by atoms with Crippen molar-refractivity contribution in [2.45, 2.75) is 37.5 Å². The fourth-order valence-electron chi connectivity index (χ4n) is 2.44. The highest BCUT2D eigenvalue weighted by Gasteiger charge is 2.29. The fourth-order valence-corrected chi connectivity index (χ4v) is 3.93. The molecule has 5 nitrogen and oxygen atoms in total. The maximum atomic E-state index is 11.4. The molecule has 17 heavy (non-hydrogen) atoms. The van der Waals surface area contributed by atoms with Crippen molar-refractivity contribution in [2.75, 3.05) is 31.7 Å². The number of methoxy groups -OCH3 is 1. The molecule has 1 aliphatic heterocycles. The normalized spacial score (nSPS) is 36.4. The largest absolute Gasteiger partial charge is 0.381 e. The third-order valence-corrected chi connectivity index (χ3v) is 5.39. The van der Waals surface area contributed by atoms with Gasteiger partial charge in [-0.2, -0.15) is 0 Å². The van der Waals surface area contributed by atoms with Crippen LogP contribution in [0, 0.1) is 0 Å². The molecule has 100 valence electrons. The van der Waals surface area contributed by atoms with Crippen molar-refractivity contribution in [3.8, 4) is 0 Å². The predicted molar refractivity (Wildman–Crippen MR) is 66.9 cm³/mol. The van der Waals surface area contributed by atoms with Crippen LogP contribution in [0.5, 0.6) is 0 Å². The van der Waals surface area contributed by atoms with Gasteiger partial charge in [0.2, 0.25) is 0 Å². The first-order valence-corrected chi connectivity index (χ1v) is 8.11. The van der Waals surface area contributed by atoms with E-state index in [-0.39, 0.29) is 11.8 Å². The Kier molecular flexibility index (Phi) is 4.41. The Morgan fingerprint density at radius 1 is 1.41 bits per heavy atom. The number of hydrogen-bond acceptors (Lipinski definition) is 5. The quantitative estimate of drug-likeness (QED) is 0.701. The van der Waals surface area contributed by atoms with Crippen LogP contribution in [0.4, 0.5) is 0 Å². The molecule has 0 aromatic heterocycles. The second-order valence-electron chi connectivity index (χ2n) is 5.03. The van der Waals surface area contributed by atoms with Crippen LogP contribution in [0.2, 0.25) is 0 Å². The summed E-state index contributed by atoms with van der Waals surface area (Å²) in [6, 6.07) is 0.680. The molecule has 2 aliphatic rings. The van der Waals surface area contributed by atoms with Crippen molar-refractivity contribution in [1.82, 2.24) is 10.6 Å². The molecule has 0 radical (unpaired) electrons. The van der Waals surface area contributed by atoms with Gasteiger partial charge in [0.1, 0.15) is 0 Å². The minimum absolute atomic E-state index is 0.125. The lowest BCUT2D eigenvalue weighted by Gasteiger charge is -2.35. The molecule has 1 aliphatic carbocycles. The van der Waals surface area contributed by atoms with Crippen molar-refractivity contribution in [1.29, 1.82) is 0 Å². The van der Waals surface area contributed by atoms with E-state index < -0.39 is 9.84 Å². The van der Waals surface area contributed by atoms with Gasteiger partial charge < -0.3 is 15.4 Å². The molecule has 6 heteroatoms. The van der Waals surface area contributed by atoms with Crippen LogP contribution in [-0.4, -0.2) is 58.3 Å². The summed E-state index contributed by atoms with van der Waals surface area (Å²) in [6.45, 7) is 1.48. The molecule has 1 saturated heterocycles. The van der Waals surface area contributed by atoms with Crippen LogP contribution >= 0.6 is 0 Å². The minimum Gasteiger partial charge on any atom is -0.381 e. The van der Waals surface area contributed by atoms with Crippen molar-refractivity contribution in [3.05, 3.63) is 0 Å². The Morgan fingerprint density at radius 3 is 2.82 bits per heavy atom. The van der Waals surface area contributed by atoms with Crippen LogP contribution in [0.25, 0.3) is 0 Å². The van der Waals surface area contributed by atoms with Crippen molar-refractivity contribution in [3.63, 3.8) is 0 Å². The predicted octanol–water partition coefficient (Wildman–Crippen LogP) is -0.470. The fraction of sp³-hybridized carbons (Fsp3) is 1.00. The van der Waals surface area contributed by atoms with Crippen molar-refractivity contribution < 1.29 is 13.2 Å². The van der Waals surface area contributed by atoms with E-state index in [1.165, 1.54) is 0 Å². The first-order chi connectivity index (χ1) is 8.09. The molecule has 0 aromatic carbocycles. The highest BCUT2D eigenvalue weighted by molar-refractivity contribution is 7.91. The SMILES string of the molecule is COC1CC(NCCC2CS(=O)(=O)CCN2)C1. The van der Waals surface area contributed by atoms with Crippen LogP contribution in [0.15, 0.2) is 0 Å². The van der Waals surface area contributed by atoms with E-state index in [0.29, 0.717) is 24.4 Å². The van der Waals surface area contributed by atoms with Crippen LogP contribution in [0.1, 0.15) is 19.3 Å². The van der Waals surface area contributed by atoms with E-state index in [4.69, 9.17) is 4.74 Å². The summed E-state index contributed by atoms with van der Waals surface area (Å²) in [5, 5.41) is 6.70. The first-order valence-electron chi connectivity index (χ1n) is 6.29. The Morgan fingerprint density at radius 2 is 2.18 bits per heavy atom. The molecule has 2 rings (SSSR count). The Bertz CT molecular complexity index is 339. The number of hydrogen-bond donors (Lipinski definition) is 2. The molecule has 1 saturated carbocycles. The highest BCUT2D eigenvalue weighted by atomic mass is 32.2. The van der Waals surface area contributed by atoms with Crippen LogP contribution < -0.4 is 10.6 Å². The van der Waals surface area contributed by atoms with Gasteiger partial charge in [0, 0.05) is 25.7 Å². The Hall–Kier alpha value is -0.170. The Balaban J connectivity index is 1.59. The lowest BCUT2D eigenvalue weighted by Crippen LogP contribution is -2.49. The van der Waals surface area contributed by atoms with Gasteiger partial charge >= 0.3 is 0 Å². The molecular weight excluding hydrogens is 240 g/mol. The second kappa shape index (κ2) is 5.65. The van der Waals surface area contributed by atoms with E-state index in [1.54, 1.807) is 7.11 Å². The molecule has 0 amide bonds. The number of sulfone groups is 1. The van der Waals surface area contributed by atoms with Gasteiger partial charge in [-0.15, -0.1) is 0 Å². The van der Waals surface area contributed by atoms with Crippen LogP contribution in [0.3, 0.4) is 0 Å². The monoisotopic (exact) mass is 262 g/mol. The zero-order chi connectivity index (χ0) is 12.3. The average Bonchev–Trinajstić information content (AvgIpc) is 2.20. The summed E-state index contributed by atoms with van der Waals surface area (Å²) >= 11 is 0. The lowest BCUT2D eigenvalue weighted by molar-refractivity contribution is 0.0174. The van der Waals surface area contributed by atoms with Gasteiger partial charge in [0.25, 0.3) is 0 Å². The Labute approximate surface area is 103 Å². The smallest absolute Gasteiger partial charge is 0.153 e. The summed E-state index contributed by atoms with van der Waals surface area (Å²) in [7, 11) is -1.05.